The molecule has 0 radical (unpaired) electrons. The molecule has 1 aromatic rings. The average molecular weight is 263 g/mol. The average Bonchev–Trinajstić information content (AvgIpc) is 2.39. The number of rotatable bonds is 4. The second-order valence-electron chi connectivity index (χ2n) is 4.77. The molecule has 2 heterocycles. The van der Waals surface area contributed by atoms with Crippen LogP contribution in [0.15, 0.2) is 0 Å². The Labute approximate surface area is 113 Å². The number of nitrogens with zero attached hydrogens (tertiary/aromatic N) is 3. The molecule has 1 aromatic heterocycles. The van der Waals surface area contributed by atoms with E-state index in [1.54, 1.807) is 0 Å². The largest absolute Gasteiger partial charge is 0.370 e. The molecule has 6 nitrogen and oxygen atoms in total. The van der Waals surface area contributed by atoms with Crippen molar-refractivity contribution in [3.8, 4) is 0 Å². The lowest BCUT2D eigenvalue weighted by Gasteiger charge is -2.29. The minimum absolute atomic E-state index is 0.0463. The lowest BCUT2D eigenvalue weighted by atomic mass is 10.2. The van der Waals surface area contributed by atoms with E-state index < -0.39 is 0 Å². The first-order chi connectivity index (χ1) is 9.11. The fraction of sp³-hybridized carbons (Fsp3) is 0.615. The van der Waals surface area contributed by atoms with Gasteiger partial charge in [-0.3, -0.25) is 4.79 Å². The van der Waals surface area contributed by atoms with Gasteiger partial charge in [0.25, 0.3) is 0 Å². The number of hydrogen-bond donors (Lipinski definition) is 2. The maximum absolute atomic E-state index is 11.5. The summed E-state index contributed by atoms with van der Waals surface area (Å²) in [4.78, 5) is 22.4. The van der Waals surface area contributed by atoms with Gasteiger partial charge < -0.3 is 15.5 Å². The zero-order valence-corrected chi connectivity index (χ0v) is 11.8. The summed E-state index contributed by atoms with van der Waals surface area (Å²) in [5, 5.41) is 6.14. The van der Waals surface area contributed by atoms with Crippen LogP contribution in [0.1, 0.15) is 24.7 Å². The first-order valence-corrected chi connectivity index (χ1v) is 6.72. The van der Waals surface area contributed by atoms with Gasteiger partial charge in [-0.05, 0) is 20.3 Å². The number of carbonyl (C=O) groups excluding carboxylic acids is 1. The van der Waals surface area contributed by atoms with Gasteiger partial charge in [0.15, 0.2) is 0 Å². The summed E-state index contributed by atoms with van der Waals surface area (Å²) in [6.45, 7) is 8.70. The van der Waals surface area contributed by atoms with Crippen LogP contribution in [0.25, 0.3) is 0 Å². The SMILES string of the molecule is CCCNc1nc(C)nc(N2CCNC(=O)C2)c1C. The Morgan fingerprint density at radius 3 is 2.84 bits per heavy atom. The van der Waals surface area contributed by atoms with Crippen molar-refractivity contribution in [2.75, 3.05) is 36.4 Å². The molecule has 0 saturated carbocycles. The van der Waals surface area contributed by atoms with Crippen molar-refractivity contribution in [1.29, 1.82) is 0 Å². The van der Waals surface area contributed by atoms with E-state index in [4.69, 9.17) is 0 Å². The van der Waals surface area contributed by atoms with E-state index in [9.17, 15) is 4.79 Å². The topological polar surface area (TPSA) is 70.2 Å². The summed E-state index contributed by atoms with van der Waals surface area (Å²) in [6.07, 6.45) is 1.05. The number of aromatic nitrogens is 2. The molecule has 0 aliphatic carbocycles. The fourth-order valence-corrected chi connectivity index (χ4v) is 2.16. The number of carbonyl (C=O) groups is 1. The van der Waals surface area contributed by atoms with Gasteiger partial charge in [0.2, 0.25) is 5.91 Å². The Hall–Kier alpha value is -1.85. The van der Waals surface area contributed by atoms with Gasteiger partial charge in [0.05, 0.1) is 6.54 Å². The molecule has 2 rings (SSSR count). The molecule has 104 valence electrons. The molecule has 0 unspecified atom stereocenters. The summed E-state index contributed by atoms with van der Waals surface area (Å²) in [5.74, 6) is 2.51. The number of amides is 1. The number of anilines is 2. The molecule has 0 spiro atoms. The zero-order chi connectivity index (χ0) is 13.8. The smallest absolute Gasteiger partial charge is 0.239 e. The molecule has 1 aliphatic heterocycles. The Morgan fingerprint density at radius 1 is 1.37 bits per heavy atom. The van der Waals surface area contributed by atoms with Gasteiger partial charge in [-0.25, -0.2) is 9.97 Å². The van der Waals surface area contributed by atoms with E-state index in [2.05, 4.69) is 27.5 Å². The summed E-state index contributed by atoms with van der Waals surface area (Å²) < 4.78 is 0. The first-order valence-electron chi connectivity index (χ1n) is 6.72. The molecular weight excluding hydrogens is 242 g/mol. The maximum Gasteiger partial charge on any atom is 0.239 e. The molecule has 1 aliphatic rings. The van der Waals surface area contributed by atoms with Crippen LogP contribution in [0.4, 0.5) is 11.6 Å². The van der Waals surface area contributed by atoms with Crippen molar-refractivity contribution in [3.63, 3.8) is 0 Å². The van der Waals surface area contributed by atoms with Gasteiger partial charge in [-0.15, -0.1) is 0 Å². The summed E-state index contributed by atoms with van der Waals surface area (Å²) in [7, 11) is 0. The normalized spacial score (nSPS) is 15.3. The second kappa shape index (κ2) is 5.86. The van der Waals surface area contributed by atoms with Crippen molar-refractivity contribution in [2.45, 2.75) is 27.2 Å². The molecule has 1 amide bonds. The van der Waals surface area contributed by atoms with Crippen LogP contribution in [0, 0.1) is 13.8 Å². The van der Waals surface area contributed by atoms with Crippen molar-refractivity contribution in [1.82, 2.24) is 15.3 Å². The van der Waals surface area contributed by atoms with E-state index in [1.807, 2.05) is 18.7 Å². The van der Waals surface area contributed by atoms with E-state index >= 15 is 0 Å². The highest BCUT2D eigenvalue weighted by Crippen LogP contribution is 2.23. The molecule has 0 atom stereocenters. The fourth-order valence-electron chi connectivity index (χ4n) is 2.16. The second-order valence-corrected chi connectivity index (χ2v) is 4.77. The first kappa shape index (κ1) is 13.6. The van der Waals surface area contributed by atoms with Gasteiger partial charge in [-0.1, -0.05) is 6.92 Å². The lowest BCUT2D eigenvalue weighted by Crippen LogP contribution is -2.48. The quantitative estimate of drug-likeness (QED) is 0.843. The van der Waals surface area contributed by atoms with Gasteiger partial charge >= 0.3 is 0 Å². The minimum Gasteiger partial charge on any atom is -0.370 e. The van der Waals surface area contributed by atoms with Crippen LogP contribution in [0.5, 0.6) is 0 Å². The highest BCUT2D eigenvalue weighted by molar-refractivity contribution is 5.82. The van der Waals surface area contributed by atoms with E-state index in [1.165, 1.54) is 0 Å². The van der Waals surface area contributed by atoms with Gasteiger partial charge in [-0.2, -0.15) is 0 Å². The highest BCUT2D eigenvalue weighted by atomic mass is 16.2. The third-order valence-corrected chi connectivity index (χ3v) is 3.11. The predicted octanol–water partition coefficient (Wildman–Crippen LogP) is 0.852. The molecule has 0 bridgehead atoms. The molecule has 6 heteroatoms. The number of hydrogen-bond acceptors (Lipinski definition) is 5. The minimum atomic E-state index is 0.0463. The van der Waals surface area contributed by atoms with E-state index in [-0.39, 0.29) is 5.91 Å². The van der Waals surface area contributed by atoms with Crippen LogP contribution in [0.2, 0.25) is 0 Å². The predicted molar refractivity (Wildman–Crippen MR) is 75.5 cm³/mol. The van der Waals surface area contributed by atoms with Crippen molar-refractivity contribution in [3.05, 3.63) is 11.4 Å². The lowest BCUT2D eigenvalue weighted by molar-refractivity contribution is -0.120. The number of piperazine rings is 1. The zero-order valence-electron chi connectivity index (χ0n) is 11.8. The Bertz CT molecular complexity index is 474. The summed E-state index contributed by atoms with van der Waals surface area (Å²) in [5.41, 5.74) is 1.01. The molecule has 2 N–H and O–H groups in total. The molecule has 1 fully saturated rings. The van der Waals surface area contributed by atoms with E-state index in [0.717, 1.165) is 42.5 Å². The molecule has 0 aromatic carbocycles. The van der Waals surface area contributed by atoms with Crippen LogP contribution in [-0.4, -0.2) is 42.1 Å². The number of aryl methyl sites for hydroxylation is 1. The maximum atomic E-state index is 11.5. The van der Waals surface area contributed by atoms with Crippen molar-refractivity contribution >= 4 is 17.5 Å². The monoisotopic (exact) mass is 263 g/mol. The summed E-state index contributed by atoms with van der Waals surface area (Å²) >= 11 is 0. The summed E-state index contributed by atoms with van der Waals surface area (Å²) in [6, 6.07) is 0. The standard InChI is InChI=1S/C13H21N5O/c1-4-5-15-12-9(2)13(17-10(3)16-12)18-7-6-14-11(19)8-18/h4-8H2,1-3H3,(H,14,19)(H,15,16,17). The molecular formula is C13H21N5O. The van der Waals surface area contributed by atoms with Crippen LogP contribution in [-0.2, 0) is 4.79 Å². The Morgan fingerprint density at radius 2 is 2.16 bits per heavy atom. The molecule has 1 saturated heterocycles. The van der Waals surface area contributed by atoms with Crippen LogP contribution >= 0.6 is 0 Å². The third kappa shape index (κ3) is 3.13. The Balaban J connectivity index is 2.28. The van der Waals surface area contributed by atoms with Crippen LogP contribution < -0.4 is 15.5 Å². The number of nitrogens with one attached hydrogen (secondary N) is 2. The van der Waals surface area contributed by atoms with Crippen molar-refractivity contribution in [2.24, 2.45) is 0 Å². The third-order valence-electron chi connectivity index (χ3n) is 3.11. The van der Waals surface area contributed by atoms with Gasteiger partial charge in [0, 0.05) is 25.2 Å². The van der Waals surface area contributed by atoms with E-state index in [0.29, 0.717) is 13.1 Å². The van der Waals surface area contributed by atoms with Crippen LogP contribution in [0.3, 0.4) is 0 Å². The van der Waals surface area contributed by atoms with Gasteiger partial charge in [0.1, 0.15) is 17.5 Å². The molecule has 19 heavy (non-hydrogen) atoms. The Kier molecular flexibility index (Phi) is 4.19. The van der Waals surface area contributed by atoms with Crippen molar-refractivity contribution < 1.29 is 4.79 Å². The highest BCUT2D eigenvalue weighted by Gasteiger charge is 2.21.